The van der Waals surface area contributed by atoms with Crippen LogP contribution < -0.4 is 10.1 Å². The molecule has 16 heavy (non-hydrogen) atoms. The summed E-state index contributed by atoms with van der Waals surface area (Å²) in [5.74, 6) is 0.931. The van der Waals surface area contributed by atoms with Crippen LogP contribution in [0, 0.1) is 0 Å². The summed E-state index contributed by atoms with van der Waals surface area (Å²) in [7, 11) is 1.65. The molecule has 0 radical (unpaired) electrons. The van der Waals surface area contributed by atoms with Crippen LogP contribution in [0.3, 0.4) is 0 Å². The molecule has 0 saturated carbocycles. The van der Waals surface area contributed by atoms with E-state index in [4.69, 9.17) is 4.74 Å². The Kier molecular flexibility index (Phi) is 4.83. The molecule has 0 fully saturated rings. The molecule has 0 unspecified atom stereocenters. The molecule has 1 rings (SSSR count). The summed E-state index contributed by atoms with van der Waals surface area (Å²) in [4.78, 5) is 11.5. The Balaban J connectivity index is 2.51. The van der Waals surface area contributed by atoms with Gasteiger partial charge in [0.1, 0.15) is 5.75 Å². The molecule has 0 aliphatic rings. The fourth-order valence-corrected chi connectivity index (χ4v) is 1.55. The summed E-state index contributed by atoms with van der Waals surface area (Å²) in [5.41, 5.74) is 1.07. The number of aryl methyl sites for hydroxylation is 1. The van der Waals surface area contributed by atoms with Crippen LogP contribution in [0.4, 0.5) is 0 Å². The van der Waals surface area contributed by atoms with Crippen molar-refractivity contribution in [1.29, 1.82) is 0 Å². The highest BCUT2D eigenvalue weighted by atomic mass is 16.5. The van der Waals surface area contributed by atoms with Gasteiger partial charge >= 0.3 is 0 Å². The number of carbonyl (C=O) groups is 1. The minimum Gasteiger partial charge on any atom is -0.496 e. The summed E-state index contributed by atoms with van der Waals surface area (Å²) in [6.07, 6.45) is 1.21. The van der Waals surface area contributed by atoms with E-state index in [1.54, 1.807) is 7.11 Å². The average Bonchev–Trinajstić information content (AvgIpc) is 2.26. The number of hydrogen-bond acceptors (Lipinski definition) is 2. The molecular weight excluding hydrogens is 202 g/mol. The van der Waals surface area contributed by atoms with Crippen LogP contribution in [0.1, 0.15) is 25.8 Å². The molecule has 0 aliphatic heterocycles. The van der Waals surface area contributed by atoms with E-state index in [9.17, 15) is 4.79 Å². The molecule has 88 valence electrons. The number of rotatable bonds is 5. The van der Waals surface area contributed by atoms with Crippen LogP contribution in [-0.2, 0) is 11.2 Å². The van der Waals surface area contributed by atoms with Crippen LogP contribution >= 0.6 is 0 Å². The number of hydrogen-bond donors (Lipinski definition) is 1. The van der Waals surface area contributed by atoms with E-state index in [2.05, 4.69) is 5.32 Å². The van der Waals surface area contributed by atoms with Crippen molar-refractivity contribution in [3.63, 3.8) is 0 Å². The maximum Gasteiger partial charge on any atom is 0.220 e. The zero-order valence-corrected chi connectivity index (χ0v) is 10.1. The van der Waals surface area contributed by atoms with Crippen LogP contribution in [0.5, 0.6) is 5.75 Å². The third-order valence-corrected chi connectivity index (χ3v) is 2.26. The van der Waals surface area contributed by atoms with E-state index >= 15 is 0 Å². The SMILES string of the molecule is COc1ccccc1CCC(=O)NC(C)C. The predicted octanol–water partition coefficient (Wildman–Crippen LogP) is 2.15. The van der Waals surface area contributed by atoms with Crippen molar-refractivity contribution in [2.75, 3.05) is 7.11 Å². The molecule has 1 aromatic carbocycles. The van der Waals surface area contributed by atoms with Gasteiger partial charge in [0, 0.05) is 12.5 Å². The van der Waals surface area contributed by atoms with Gasteiger partial charge in [-0.25, -0.2) is 0 Å². The van der Waals surface area contributed by atoms with Gasteiger partial charge in [-0.05, 0) is 31.9 Å². The van der Waals surface area contributed by atoms with Crippen molar-refractivity contribution in [2.24, 2.45) is 0 Å². The van der Waals surface area contributed by atoms with Gasteiger partial charge in [0.15, 0.2) is 0 Å². The van der Waals surface area contributed by atoms with E-state index in [-0.39, 0.29) is 11.9 Å². The first-order valence-corrected chi connectivity index (χ1v) is 5.54. The van der Waals surface area contributed by atoms with Gasteiger partial charge in [-0.2, -0.15) is 0 Å². The molecule has 1 N–H and O–H groups in total. The molecule has 1 aromatic rings. The highest BCUT2D eigenvalue weighted by molar-refractivity contribution is 5.76. The second kappa shape index (κ2) is 6.16. The number of benzene rings is 1. The minimum atomic E-state index is 0.0842. The Morgan fingerprint density at radius 3 is 2.69 bits per heavy atom. The third kappa shape index (κ3) is 3.93. The molecule has 0 saturated heterocycles. The summed E-state index contributed by atoms with van der Waals surface area (Å²) >= 11 is 0. The number of amides is 1. The Bertz CT molecular complexity index is 348. The average molecular weight is 221 g/mol. The van der Waals surface area contributed by atoms with Crippen molar-refractivity contribution in [2.45, 2.75) is 32.7 Å². The molecular formula is C13H19NO2. The lowest BCUT2D eigenvalue weighted by molar-refractivity contribution is -0.121. The van der Waals surface area contributed by atoms with Crippen molar-refractivity contribution < 1.29 is 9.53 Å². The lowest BCUT2D eigenvalue weighted by Crippen LogP contribution is -2.30. The van der Waals surface area contributed by atoms with Gasteiger partial charge in [-0.3, -0.25) is 4.79 Å². The van der Waals surface area contributed by atoms with E-state index in [0.29, 0.717) is 12.8 Å². The molecule has 3 heteroatoms. The number of nitrogens with one attached hydrogen (secondary N) is 1. The third-order valence-electron chi connectivity index (χ3n) is 2.26. The number of methoxy groups -OCH3 is 1. The van der Waals surface area contributed by atoms with E-state index in [1.807, 2.05) is 38.1 Å². The predicted molar refractivity (Wildman–Crippen MR) is 64.6 cm³/mol. The van der Waals surface area contributed by atoms with Crippen LogP contribution in [0.25, 0.3) is 0 Å². The Labute approximate surface area is 96.8 Å². The lowest BCUT2D eigenvalue weighted by atomic mass is 10.1. The second-order valence-corrected chi connectivity index (χ2v) is 4.03. The molecule has 0 bridgehead atoms. The second-order valence-electron chi connectivity index (χ2n) is 4.03. The monoisotopic (exact) mass is 221 g/mol. The molecule has 0 spiro atoms. The van der Waals surface area contributed by atoms with Crippen molar-refractivity contribution in [3.8, 4) is 5.75 Å². The number of para-hydroxylation sites is 1. The standard InChI is InChI=1S/C13H19NO2/c1-10(2)14-13(15)9-8-11-6-4-5-7-12(11)16-3/h4-7,10H,8-9H2,1-3H3,(H,14,15). The van der Waals surface area contributed by atoms with Crippen LogP contribution in [-0.4, -0.2) is 19.1 Å². The topological polar surface area (TPSA) is 38.3 Å². The van der Waals surface area contributed by atoms with Gasteiger partial charge in [0.25, 0.3) is 0 Å². The van der Waals surface area contributed by atoms with E-state index in [1.165, 1.54) is 0 Å². The van der Waals surface area contributed by atoms with Gasteiger partial charge in [0.05, 0.1) is 7.11 Å². The highest BCUT2D eigenvalue weighted by Crippen LogP contribution is 2.18. The smallest absolute Gasteiger partial charge is 0.220 e. The fraction of sp³-hybridized carbons (Fsp3) is 0.462. The lowest BCUT2D eigenvalue weighted by Gasteiger charge is -2.10. The number of carbonyl (C=O) groups excluding carboxylic acids is 1. The first-order valence-electron chi connectivity index (χ1n) is 5.54. The van der Waals surface area contributed by atoms with Crippen molar-refractivity contribution in [1.82, 2.24) is 5.32 Å². The Morgan fingerprint density at radius 2 is 2.06 bits per heavy atom. The normalized spacial score (nSPS) is 10.2. The quantitative estimate of drug-likeness (QED) is 0.827. The molecule has 0 aromatic heterocycles. The maximum atomic E-state index is 11.5. The Hall–Kier alpha value is -1.51. The van der Waals surface area contributed by atoms with Gasteiger partial charge in [-0.15, -0.1) is 0 Å². The van der Waals surface area contributed by atoms with Crippen LogP contribution in [0.15, 0.2) is 24.3 Å². The van der Waals surface area contributed by atoms with Gasteiger partial charge in [0.2, 0.25) is 5.91 Å². The summed E-state index contributed by atoms with van der Waals surface area (Å²) < 4.78 is 5.23. The van der Waals surface area contributed by atoms with Gasteiger partial charge < -0.3 is 10.1 Å². The zero-order valence-electron chi connectivity index (χ0n) is 10.1. The van der Waals surface area contributed by atoms with E-state index in [0.717, 1.165) is 11.3 Å². The molecule has 0 atom stereocenters. The molecule has 0 aliphatic carbocycles. The van der Waals surface area contributed by atoms with Crippen LogP contribution in [0.2, 0.25) is 0 Å². The molecule has 3 nitrogen and oxygen atoms in total. The highest BCUT2D eigenvalue weighted by Gasteiger charge is 2.06. The largest absolute Gasteiger partial charge is 0.496 e. The summed E-state index contributed by atoms with van der Waals surface area (Å²) in [6.45, 7) is 3.92. The summed E-state index contributed by atoms with van der Waals surface area (Å²) in [6, 6.07) is 7.98. The zero-order chi connectivity index (χ0) is 12.0. The molecule has 1 amide bonds. The van der Waals surface area contributed by atoms with Crippen molar-refractivity contribution in [3.05, 3.63) is 29.8 Å². The van der Waals surface area contributed by atoms with E-state index < -0.39 is 0 Å². The minimum absolute atomic E-state index is 0.0842. The van der Waals surface area contributed by atoms with Crippen molar-refractivity contribution >= 4 is 5.91 Å². The fourth-order valence-electron chi connectivity index (χ4n) is 1.55. The van der Waals surface area contributed by atoms with Gasteiger partial charge in [-0.1, -0.05) is 18.2 Å². The number of ether oxygens (including phenoxy) is 1. The molecule has 0 heterocycles. The first kappa shape index (κ1) is 12.6. The summed E-state index contributed by atoms with van der Waals surface area (Å²) in [5, 5.41) is 2.87. The maximum absolute atomic E-state index is 11.5. The Morgan fingerprint density at radius 1 is 1.38 bits per heavy atom. The first-order chi connectivity index (χ1) is 7.63.